The molecule has 12 nitrogen and oxygen atoms in total. The first-order valence-electron chi connectivity index (χ1n) is 19.8. The summed E-state index contributed by atoms with van der Waals surface area (Å²) in [6, 6.07) is 11.1. The normalized spacial score (nSPS) is 12.7. The van der Waals surface area contributed by atoms with Crippen LogP contribution in [0.2, 0.25) is 0 Å². The van der Waals surface area contributed by atoms with Gasteiger partial charge in [-0.3, -0.25) is 19.7 Å². The largest absolute Gasteiger partial charge is 0.433 e. The molecule has 0 saturated heterocycles. The van der Waals surface area contributed by atoms with Crippen molar-refractivity contribution in [3.63, 3.8) is 0 Å². The Labute approximate surface area is 359 Å². The van der Waals surface area contributed by atoms with E-state index in [0.717, 1.165) is 19.3 Å². The first-order valence-corrected chi connectivity index (χ1v) is 25.2. The quantitative estimate of drug-likeness (QED) is 0.0591. The number of fused-ring (bicyclic) bond motifs is 3. The van der Waals surface area contributed by atoms with E-state index in [1.807, 2.05) is 24.0 Å². The standard InChI is InChI=1S/C14H17F3N2O2S.C13H15F3N2O2S.C13H16F2N2O2S/c1-2-3-4-7-22(20,21)9-10-5-6-12-11(8-10)13(19-18-12)14(15,16)17;1-2-3-6-21(19,20)8-9-4-5-11-10(7-9)12(18-17-11)13(14,15)16;1-9-11-6-10(7-12(15)13(11)17-16-9)8-20(18,19)5-3-2-4-14/h5-6,8H,2-4,7,9H2,1H3,(H,18,19);4-5,7H,2-3,6,8H2,1H3,(H,17,18);6-7H,2-5,8H2,1H3,(H,16,17). The molecule has 0 unspecified atom stereocenters. The third kappa shape index (κ3) is 15.0. The number of H-pyrrole nitrogens is 3. The molecule has 63 heavy (non-hydrogen) atoms. The summed E-state index contributed by atoms with van der Waals surface area (Å²) >= 11 is 0. The highest BCUT2D eigenvalue weighted by atomic mass is 32.2. The number of hydrogen-bond donors (Lipinski definition) is 3. The van der Waals surface area contributed by atoms with Gasteiger partial charge >= 0.3 is 12.4 Å². The Morgan fingerprint density at radius 3 is 1.41 bits per heavy atom. The van der Waals surface area contributed by atoms with Crippen LogP contribution in [0.4, 0.5) is 35.1 Å². The van der Waals surface area contributed by atoms with Gasteiger partial charge in [-0.1, -0.05) is 45.2 Å². The topological polar surface area (TPSA) is 188 Å². The fourth-order valence-corrected chi connectivity index (χ4v) is 10.9. The maximum Gasteiger partial charge on any atom is 0.433 e. The van der Waals surface area contributed by atoms with Crippen LogP contribution in [0.3, 0.4) is 0 Å². The highest BCUT2D eigenvalue weighted by molar-refractivity contribution is 7.91. The van der Waals surface area contributed by atoms with Crippen LogP contribution in [0.1, 0.15) is 92.6 Å². The lowest BCUT2D eigenvalue weighted by Crippen LogP contribution is -2.10. The van der Waals surface area contributed by atoms with Gasteiger partial charge in [-0.2, -0.15) is 41.6 Å². The van der Waals surface area contributed by atoms with Gasteiger partial charge in [0.05, 0.1) is 52.2 Å². The molecule has 6 rings (SSSR count). The summed E-state index contributed by atoms with van der Waals surface area (Å²) in [5.74, 6) is -1.28. The van der Waals surface area contributed by atoms with Crippen molar-refractivity contribution in [1.82, 2.24) is 30.6 Å². The Morgan fingerprint density at radius 1 is 0.540 bits per heavy atom. The van der Waals surface area contributed by atoms with Crippen molar-refractivity contribution < 1.29 is 60.4 Å². The van der Waals surface area contributed by atoms with Crippen molar-refractivity contribution in [3.8, 4) is 0 Å². The molecule has 3 aromatic carbocycles. The van der Waals surface area contributed by atoms with E-state index in [4.69, 9.17) is 0 Å². The molecule has 0 fully saturated rings. The number of nitrogens with zero attached hydrogens (tertiary/aromatic N) is 3. The smallest absolute Gasteiger partial charge is 0.282 e. The van der Waals surface area contributed by atoms with E-state index in [0.29, 0.717) is 40.6 Å². The third-order valence-electron chi connectivity index (χ3n) is 9.53. The highest BCUT2D eigenvalue weighted by Gasteiger charge is 2.36. The van der Waals surface area contributed by atoms with E-state index < -0.39 is 65.7 Å². The Kier molecular flexibility index (Phi) is 17.3. The molecule has 0 atom stereocenters. The Balaban J connectivity index is 0.000000208. The van der Waals surface area contributed by atoms with E-state index >= 15 is 0 Å². The van der Waals surface area contributed by atoms with Crippen LogP contribution in [0, 0.1) is 12.7 Å². The first-order chi connectivity index (χ1) is 29.4. The molecular formula is C40H48F8N6O6S3. The Bertz CT molecular complexity index is 2800. The molecule has 6 aromatic rings. The number of aromatic amines is 3. The zero-order valence-electron chi connectivity index (χ0n) is 34.6. The van der Waals surface area contributed by atoms with Crippen molar-refractivity contribution in [2.75, 3.05) is 23.9 Å². The van der Waals surface area contributed by atoms with Crippen LogP contribution in [0.5, 0.6) is 0 Å². The van der Waals surface area contributed by atoms with Gasteiger partial charge in [0.15, 0.2) is 35.3 Å². The number of sulfone groups is 3. The lowest BCUT2D eigenvalue weighted by atomic mass is 10.1. The summed E-state index contributed by atoms with van der Waals surface area (Å²) < 4.78 is 174. The summed E-state index contributed by atoms with van der Waals surface area (Å²) in [6.07, 6.45) is -4.99. The molecule has 3 aromatic heterocycles. The summed E-state index contributed by atoms with van der Waals surface area (Å²) in [5, 5.41) is 17.9. The second-order valence-corrected chi connectivity index (χ2v) is 21.5. The predicted octanol–water partition coefficient (Wildman–Crippen LogP) is 9.66. The molecule has 3 N–H and O–H groups in total. The van der Waals surface area contributed by atoms with E-state index in [9.17, 15) is 60.4 Å². The van der Waals surface area contributed by atoms with Gasteiger partial charge in [0.2, 0.25) is 0 Å². The Hall–Kier alpha value is -4.64. The minimum absolute atomic E-state index is 0.0407. The van der Waals surface area contributed by atoms with E-state index in [1.165, 1.54) is 42.5 Å². The average Bonchev–Trinajstić information content (AvgIpc) is 3.91. The number of aromatic nitrogens is 6. The Morgan fingerprint density at radius 2 is 0.968 bits per heavy atom. The zero-order chi connectivity index (χ0) is 46.8. The maximum absolute atomic E-state index is 13.8. The summed E-state index contributed by atoms with van der Waals surface area (Å²) in [4.78, 5) is 0. The van der Waals surface area contributed by atoms with Crippen LogP contribution in [-0.2, 0) is 59.1 Å². The molecule has 348 valence electrons. The first kappa shape index (κ1) is 51.0. The molecule has 0 aliphatic heterocycles. The number of unbranched alkanes of at least 4 members (excludes halogenated alkanes) is 4. The van der Waals surface area contributed by atoms with Crippen molar-refractivity contribution in [1.29, 1.82) is 0 Å². The van der Waals surface area contributed by atoms with E-state index in [1.54, 1.807) is 13.0 Å². The van der Waals surface area contributed by atoms with Gasteiger partial charge in [0, 0.05) is 21.9 Å². The number of nitrogens with one attached hydrogen (secondary N) is 3. The van der Waals surface area contributed by atoms with Crippen LogP contribution in [0.25, 0.3) is 32.7 Å². The summed E-state index contributed by atoms with van der Waals surface area (Å²) in [6.45, 7) is 5.07. The summed E-state index contributed by atoms with van der Waals surface area (Å²) in [7, 11) is -9.98. The van der Waals surface area contributed by atoms with Gasteiger partial charge in [-0.15, -0.1) is 0 Å². The van der Waals surface area contributed by atoms with Crippen molar-refractivity contribution in [3.05, 3.63) is 88.1 Å². The van der Waals surface area contributed by atoms with Crippen LogP contribution in [0.15, 0.2) is 48.5 Å². The van der Waals surface area contributed by atoms with Gasteiger partial charge in [0.25, 0.3) is 0 Å². The average molecular weight is 957 g/mol. The number of alkyl halides is 7. The molecule has 0 aliphatic carbocycles. The monoisotopic (exact) mass is 956 g/mol. The predicted molar refractivity (Wildman–Crippen MR) is 225 cm³/mol. The molecule has 23 heteroatoms. The molecule has 0 saturated carbocycles. The van der Waals surface area contributed by atoms with Gasteiger partial charge < -0.3 is 0 Å². The minimum atomic E-state index is -4.55. The number of halogens is 8. The summed E-state index contributed by atoms with van der Waals surface area (Å²) in [5.41, 5.74) is 0.396. The van der Waals surface area contributed by atoms with E-state index in [2.05, 4.69) is 20.4 Å². The van der Waals surface area contributed by atoms with Gasteiger partial charge in [-0.25, -0.2) is 29.6 Å². The lowest BCUT2D eigenvalue weighted by Gasteiger charge is -2.06. The number of aryl methyl sites for hydroxylation is 1. The molecule has 0 radical (unpaired) electrons. The van der Waals surface area contributed by atoms with Crippen molar-refractivity contribution in [2.45, 2.75) is 95.3 Å². The number of hydrogen-bond acceptors (Lipinski definition) is 9. The molecular weight excluding hydrogens is 909 g/mol. The van der Waals surface area contributed by atoms with Gasteiger partial charge in [-0.05, 0) is 85.7 Å². The number of rotatable bonds is 17. The van der Waals surface area contributed by atoms with Crippen LogP contribution >= 0.6 is 0 Å². The second-order valence-electron chi connectivity index (χ2n) is 15.0. The molecule has 0 spiro atoms. The molecule has 3 heterocycles. The van der Waals surface area contributed by atoms with Crippen molar-refractivity contribution in [2.24, 2.45) is 0 Å². The molecule has 0 aliphatic rings. The van der Waals surface area contributed by atoms with Crippen LogP contribution < -0.4 is 0 Å². The number of benzene rings is 3. The maximum atomic E-state index is 13.8. The highest BCUT2D eigenvalue weighted by Crippen LogP contribution is 2.35. The lowest BCUT2D eigenvalue weighted by molar-refractivity contribution is -0.140. The minimum Gasteiger partial charge on any atom is -0.282 e. The zero-order valence-corrected chi connectivity index (χ0v) is 37.0. The third-order valence-corrected chi connectivity index (χ3v) is 14.6. The fraction of sp³-hybridized carbons (Fsp3) is 0.475. The second kappa shape index (κ2) is 21.4. The van der Waals surface area contributed by atoms with Crippen molar-refractivity contribution >= 4 is 62.2 Å². The van der Waals surface area contributed by atoms with Crippen LogP contribution in [-0.4, -0.2) is 79.8 Å². The van der Waals surface area contributed by atoms with Gasteiger partial charge in [0.1, 0.15) is 16.9 Å². The SMILES string of the molecule is CCCCCS(=O)(=O)Cc1ccc2n[nH]c(C(F)(F)F)c2c1.CCCCS(=O)(=O)Cc1ccc2n[nH]c(C(F)(F)F)c2c1.Cc1[nH]nc2c(F)cc(CS(=O)(=O)CCCCF)cc12. The molecule has 0 bridgehead atoms. The molecule has 0 amide bonds. The fourth-order valence-electron chi connectivity index (χ4n) is 6.40. The van der Waals surface area contributed by atoms with E-state index in [-0.39, 0.29) is 74.7 Å².